The SMILES string of the molecule is O=C(c1ccccc1)[C@]1(c2ccccc2)CCCC[C@@H]1O. The maximum absolute atomic E-state index is 13.2. The van der Waals surface area contributed by atoms with Gasteiger partial charge in [-0.05, 0) is 18.4 Å². The van der Waals surface area contributed by atoms with Crippen molar-refractivity contribution in [2.45, 2.75) is 37.2 Å². The summed E-state index contributed by atoms with van der Waals surface area (Å²) in [7, 11) is 0. The fourth-order valence-corrected chi connectivity index (χ4v) is 3.47. The summed E-state index contributed by atoms with van der Waals surface area (Å²) < 4.78 is 0. The van der Waals surface area contributed by atoms with Crippen LogP contribution in [0.1, 0.15) is 41.6 Å². The molecule has 2 heteroatoms. The average Bonchev–Trinajstić information content (AvgIpc) is 2.56. The lowest BCUT2D eigenvalue weighted by Crippen LogP contribution is -2.48. The van der Waals surface area contributed by atoms with E-state index in [-0.39, 0.29) is 5.78 Å². The van der Waals surface area contributed by atoms with Gasteiger partial charge in [0.05, 0.1) is 11.5 Å². The number of Topliss-reactive ketones (excluding diaryl/α,β-unsaturated/α-hetero) is 1. The number of carbonyl (C=O) groups is 1. The van der Waals surface area contributed by atoms with Crippen LogP contribution in [-0.2, 0) is 5.41 Å². The van der Waals surface area contributed by atoms with Crippen molar-refractivity contribution in [2.24, 2.45) is 0 Å². The molecule has 2 atom stereocenters. The summed E-state index contributed by atoms with van der Waals surface area (Å²) in [5.41, 5.74) is 0.828. The average molecular weight is 280 g/mol. The van der Waals surface area contributed by atoms with Gasteiger partial charge < -0.3 is 5.11 Å². The van der Waals surface area contributed by atoms with Crippen molar-refractivity contribution in [3.8, 4) is 0 Å². The summed E-state index contributed by atoms with van der Waals surface area (Å²) in [5, 5.41) is 10.7. The molecule has 0 radical (unpaired) electrons. The van der Waals surface area contributed by atoms with Crippen molar-refractivity contribution in [2.75, 3.05) is 0 Å². The maximum Gasteiger partial charge on any atom is 0.175 e. The lowest BCUT2D eigenvalue weighted by Gasteiger charge is -2.40. The minimum absolute atomic E-state index is 0.0431. The number of carbonyl (C=O) groups excluding carboxylic acids is 1. The highest BCUT2D eigenvalue weighted by atomic mass is 16.3. The molecule has 0 amide bonds. The molecular weight excluding hydrogens is 260 g/mol. The van der Waals surface area contributed by atoms with Crippen molar-refractivity contribution in [1.82, 2.24) is 0 Å². The molecule has 0 unspecified atom stereocenters. The molecule has 2 aromatic rings. The number of rotatable bonds is 3. The summed E-state index contributed by atoms with van der Waals surface area (Å²) in [6.45, 7) is 0. The van der Waals surface area contributed by atoms with Gasteiger partial charge in [-0.25, -0.2) is 0 Å². The molecule has 1 fully saturated rings. The van der Waals surface area contributed by atoms with Crippen molar-refractivity contribution < 1.29 is 9.90 Å². The Bertz CT molecular complexity index is 606. The van der Waals surface area contributed by atoms with Crippen molar-refractivity contribution >= 4 is 5.78 Å². The largest absolute Gasteiger partial charge is 0.392 e. The van der Waals surface area contributed by atoms with Gasteiger partial charge in [0.15, 0.2) is 5.78 Å². The summed E-state index contributed by atoms with van der Waals surface area (Å²) >= 11 is 0. The third-order valence-electron chi connectivity index (χ3n) is 4.60. The summed E-state index contributed by atoms with van der Waals surface area (Å²) in [6.07, 6.45) is 2.75. The molecule has 2 nitrogen and oxygen atoms in total. The third-order valence-corrected chi connectivity index (χ3v) is 4.60. The van der Waals surface area contributed by atoms with Gasteiger partial charge >= 0.3 is 0 Å². The first kappa shape index (κ1) is 14.0. The molecule has 21 heavy (non-hydrogen) atoms. The second-order valence-electron chi connectivity index (χ2n) is 5.79. The Morgan fingerprint density at radius 2 is 1.57 bits per heavy atom. The maximum atomic E-state index is 13.2. The van der Waals surface area contributed by atoms with Gasteiger partial charge in [0, 0.05) is 5.56 Å². The van der Waals surface area contributed by atoms with Crippen LogP contribution in [0, 0.1) is 0 Å². The first-order valence-corrected chi connectivity index (χ1v) is 7.58. The molecule has 3 rings (SSSR count). The predicted octanol–water partition coefficient (Wildman–Crippen LogP) is 3.74. The molecule has 0 saturated heterocycles. The van der Waals surface area contributed by atoms with Crippen LogP contribution in [-0.4, -0.2) is 17.0 Å². The normalized spacial score (nSPS) is 25.5. The van der Waals surface area contributed by atoms with E-state index in [0.29, 0.717) is 18.4 Å². The molecule has 0 aromatic heterocycles. The molecule has 0 aliphatic heterocycles. The Kier molecular flexibility index (Phi) is 3.89. The van der Waals surface area contributed by atoms with Gasteiger partial charge in [0.1, 0.15) is 0 Å². The van der Waals surface area contributed by atoms with Crippen LogP contribution in [0.5, 0.6) is 0 Å². The molecule has 0 heterocycles. The number of benzene rings is 2. The molecule has 1 aliphatic carbocycles. The minimum Gasteiger partial charge on any atom is -0.392 e. The van der Waals surface area contributed by atoms with Gasteiger partial charge in [0.2, 0.25) is 0 Å². The van der Waals surface area contributed by atoms with E-state index in [1.54, 1.807) is 0 Å². The summed E-state index contributed by atoms with van der Waals surface area (Å²) in [6, 6.07) is 19.1. The lowest BCUT2D eigenvalue weighted by molar-refractivity contribution is 0.0354. The smallest absolute Gasteiger partial charge is 0.175 e. The second-order valence-corrected chi connectivity index (χ2v) is 5.79. The van der Waals surface area contributed by atoms with Gasteiger partial charge in [0.25, 0.3) is 0 Å². The minimum atomic E-state index is -0.791. The predicted molar refractivity (Wildman–Crippen MR) is 83.4 cm³/mol. The highest BCUT2D eigenvalue weighted by Crippen LogP contribution is 2.42. The van der Waals surface area contributed by atoms with E-state index >= 15 is 0 Å². The van der Waals surface area contributed by atoms with E-state index in [1.807, 2.05) is 60.7 Å². The first-order valence-electron chi connectivity index (χ1n) is 7.58. The summed E-state index contributed by atoms with van der Waals surface area (Å²) in [4.78, 5) is 13.2. The quantitative estimate of drug-likeness (QED) is 0.870. The number of hydrogen-bond donors (Lipinski definition) is 1. The van der Waals surface area contributed by atoms with Gasteiger partial charge in [-0.15, -0.1) is 0 Å². The van der Waals surface area contributed by atoms with Crippen molar-refractivity contribution in [3.63, 3.8) is 0 Å². The van der Waals surface area contributed by atoms with E-state index < -0.39 is 11.5 Å². The van der Waals surface area contributed by atoms with Crippen LogP contribution in [0.15, 0.2) is 60.7 Å². The molecule has 108 valence electrons. The highest BCUT2D eigenvalue weighted by molar-refractivity contribution is 6.04. The van der Waals surface area contributed by atoms with Crippen LogP contribution < -0.4 is 0 Å². The van der Waals surface area contributed by atoms with Gasteiger partial charge in [-0.3, -0.25) is 4.79 Å². The zero-order valence-electron chi connectivity index (χ0n) is 12.0. The Balaban J connectivity index is 2.11. The highest BCUT2D eigenvalue weighted by Gasteiger charge is 2.47. The Morgan fingerprint density at radius 3 is 2.19 bits per heavy atom. The van der Waals surface area contributed by atoms with E-state index in [1.165, 1.54) is 0 Å². The summed E-state index contributed by atoms with van der Waals surface area (Å²) in [5.74, 6) is 0.0431. The topological polar surface area (TPSA) is 37.3 Å². The molecule has 1 N–H and O–H groups in total. The Labute approximate surface area is 125 Å². The zero-order valence-corrected chi connectivity index (χ0v) is 12.0. The number of aliphatic hydroxyl groups is 1. The van der Waals surface area contributed by atoms with Crippen LogP contribution in [0.3, 0.4) is 0 Å². The van der Waals surface area contributed by atoms with Crippen LogP contribution in [0.25, 0.3) is 0 Å². The van der Waals surface area contributed by atoms with E-state index in [9.17, 15) is 9.90 Å². The Morgan fingerprint density at radius 1 is 0.952 bits per heavy atom. The Hall–Kier alpha value is -1.93. The number of aliphatic hydroxyl groups excluding tert-OH is 1. The second kappa shape index (κ2) is 5.82. The molecule has 0 spiro atoms. The molecule has 0 bridgehead atoms. The van der Waals surface area contributed by atoms with Crippen LogP contribution in [0.2, 0.25) is 0 Å². The van der Waals surface area contributed by atoms with E-state index in [4.69, 9.17) is 0 Å². The molecule has 2 aromatic carbocycles. The van der Waals surface area contributed by atoms with Crippen LogP contribution in [0.4, 0.5) is 0 Å². The van der Waals surface area contributed by atoms with Crippen molar-refractivity contribution in [3.05, 3.63) is 71.8 Å². The number of ketones is 1. The van der Waals surface area contributed by atoms with Crippen LogP contribution >= 0.6 is 0 Å². The standard InChI is InChI=1S/C19H20O2/c20-17-13-7-8-14-19(17,16-11-5-2-6-12-16)18(21)15-9-3-1-4-10-15/h1-6,9-12,17,20H,7-8,13-14H2/t17-,19-/m0/s1. The molecule has 1 aliphatic rings. The fraction of sp³-hybridized carbons (Fsp3) is 0.316. The lowest BCUT2D eigenvalue weighted by atomic mass is 9.63. The van der Waals surface area contributed by atoms with E-state index in [0.717, 1.165) is 18.4 Å². The number of hydrogen-bond acceptors (Lipinski definition) is 2. The van der Waals surface area contributed by atoms with Gasteiger partial charge in [-0.1, -0.05) is 73.5 Å². The monoisotopic (exact) mass is 280 g/mol. The fourth-order valence-electron chi connectivity index (χ4n) is 3.47. The van der Waals surface area contributed by atoms with Crippen molar-refractivity contribution in [1.29, 1.82) is 0 Å². The molecular formula is C19H20O2. The zero-order chi connectivity index (χ0) is 14.7. The molecule has 1 saturated carbocycles. The van der Waals surface area contributed by atoms with E-state index in [2.05, 4.69) is 0 Å². The van der Waals surface area contributed by atoms with Gasteiger partial charge in [-0.2, -0.15) is 0 Å². The first-order chi connectivity index (χ1) is 10.2. The third kappa shape index (κ3) is 2.40.